The van der Waals surface area contributed by atoms with Gasteiger partial charge in [-0.3, -0.25) is 9.59 Å². The van der Waals surface area contributed by atoms with Gasteiger partial charge in [-0.05, 0) is 62.4 Å². The van der Waals surface area contributed by atoms with E-state index >= 15 is 0 Å². The summed E-state index contributed by atoms with van der Waals surface area (Å²) in [6, 6.07) is 24.0. The minimum Gasteiger partial charge on any atom is -0.457 e. The van der Waals surface area contributed by atoms with E-state index in [1.165, 1.54) is 0 Å². The highest BCUT2D eigenvalue weighted by Gasteiger charge is 2.35. The molecule has 4 rings (SSSR count). The Kier molecular flexibility index (Phi) is 5.53. The lowest BCUT2D eigenvalue weighted by Gasteiger charge is -2.39. The van der Waals surface area contributed by atoms with Gasteiger partial charge in [-0.25, -0.2) is 0 Å². The van der Waals surface area contributed by atoms with Crippen molar-refractivity contribution in [2.24, 2.45) is 0 Å². The molecule has 0 unspecified atom stereocenters. The number of aryl methyl sites for hydroxylation is 1. The zero-order valence-corrected chi connectivity index (χ0v) is 17.1. The summed E-state index contributed by atoms with van der Waals surface area (Å²) < 4.78 is 5.82. The van der Waals surface area contributed by atoms with Crippen LogP contribution in [0.15, 0.2) is 78.9 Å². The third-order valence-electron chi connectivity index (χ3n) is 5.31. The van der Waals surface area contributed by atoms with Crippen LogP contribution in [0.1, 0.15) is 22.8 Å². The molecule has 1 aliphatic heterocycles. The highest BCUT2D eigenvalue weighted by atomic mass is 16.5. The molecule has 2 amide bonds. The summed E-state index contributed by atoms with van der Waals surface area (Å²) in [4.78, 5) is 29.3. The molecule has 0 saturated carbocycles. The van der Waals surface area contributed by atoms with Gasteiger partial charge in [0, 0.05) is 24.3 Å². The highest BCUT2D eigenvalue weighted by Crippen LogP contribution is 2.27. The van der Waals surface area contributed by atoms with Crippen molar-refractivity contribution in [1.29, 1.82) is 0 Å². The summed E-state index contributed by atoms with van der Waals surface area (Å²) in [5.74, 6) is 1.28. The topological polar surface area (TPSA) is 49.9 Å². The average molecular weight is 400 g/mol. The minimum atomic E-state index is -0.521. The Labute approximate surface area is 176 Å². The quantitative estimate of drug-likeness (QED) is 0.640. The predicted molar refractivity (Wildman–Crippen MR) is 117 cm³/mol. The van der Waals surface area contributed by atoms with Crippen molar-refractivity contribution in [2.75, 3.05) is 18.0 Å². The number of piperazine rings is 1. The van der Waals surface area contributed by atoms with E-state index in [0.29, 0.717) is 24.4 Å². The molecule has 5 heteroatoms. The van der Waals surface area contributed by atoms with Crippen molar-refractivity contribution in [3.63, 3.8) is 0 Å². The molecule has 3 aromatic rings. The molecule has 0 N–H and O–H groups in total. The summed E-state index contributed by atoms with van der Waals surface area (Å²) in [6.07, 6.45) is 0. The molecular weight excluding hydrogens is 376 g/mol. The third-order valence-corrected chi connectivity index (χ3v) is 5.31. The number of benzene rings is 3. The van der Waals surface area contributed by atoms with E-state index in [1.54, 1.807) is 22.8 Å². The molecule has 0 aliphatic carbocycles. The number of amides is 2. The van der Waals surface area contributed by atoms with Crippen LogP contribution in [0.4, 0.5) is 5.69 Å². The Morgan fingerprint density at radius 1 is 0.900 bits per heavy atom. The predicted octanol–water partition coefficient (Wildman–Crippen LogP) is 4.66. The smallest absolute Gasteiger partial charge is 0.254 e. The summed E-state index contributed by atoms with van der Waals surface area (Å²) >= 11 is 0. The maximum Gasteiger partial charge on any atom is 0.254 e. The number of hydrogen-bond donors (Lipinski definition) is 0. The van der Waals surface area contributed by atoms with Crippen LogP contribution < -0.4 is 9.64 Å². The van der Waals surface area contributed by atoms with Gasteiger partial charge >= 0.3 is 0 Å². The van der Waals surface area contributed by atoms with Gasteiger partial charge in [0.1, 0.15) is 17.5 Å². The number of ether oxygens (including phenoxy) is 1. The van der Waals surface area contributed by atoms with Gasteiger partial charge in [0.25, 0.3) is 5.91 Å². The average Bonchev–Trinajstić information content (AvgIpc) is 2.77. The summed E-state index contributed by atoms with van der Waals surface area (Å²) in [5, 5.41) is 0. The first-order valence-electron chi connectivity index (χ1n) is 10.0. The van der Waals surface area contributed by atoms with E-state index in [2.05, 4.69) is 0 Å². The molecule has 3 aromatic carbocycles. The number of hydrogen-bond acceptors (Lipinski definition) is 3. The van der Waals surface area contributed by atoms with Crippen LogP contribution in [0.25, 0.3) is 0 Å². The number of anilines is 1. The molecule has 1 saturated heterocycles. The summed E-state index contributed by atoms with van der Waals surface area (Å²) in [6.45, 7) is 4.69. The van der Waals surface area contributed by atoms with Crippen LogP contribution in [0.5, 0.6) is 11.5 Å². The third kappa shape index (κ3) is 4.06. The fourth-order valence-electron chi connectivity index (χ4n) is 3.67. The van der Waals surface area contributed by atoms with Crippen LogP contribution in [-0.4, -0.2) is 35.8 Å². The lowest BCUT2D eigenvalue weighted by atomic mass is 10.1. The number of para-hydroxylation sites is 1. The number of carbonyl (C=O) groups is 2. The normalized spacial score (nSPS) is 16.5. The molecule has 0 radical (unpaired) electrons. The lowest BCUT2D eigenvalue weighted by Crippen LogP contribution is -2.57. The second kappa shape index (κ2) is 8.41. The maximum atomic E-state index is 13.0. The van der Waals surface area contributed by atoms with Gasteiger partial charge in [-0.15, -0.1) is 0 Å². The van der Waals surface area contributed by atoms with Crippen LogP contribution in [-0.2, 0) is 4.79 Å². The van der Waals surface area contributed by atoms with Gasteiger partial charge in [0.2, 0.25) is 5.91 Å². The minimum absolute atomic E-state index is 0.0843. The SMILES string of the molecule is Cc1cccc(C(=O)N2CCN(c3ccc(Oc4ccccc4)cc3)C(=O)[C@@H]2C)c1. The van der Waals surface area contributed by atoms with E-state index < -0.39 is 6.04 Å². The van der Waals surface area contributed by atoms with E-state index in [-0.39, 0.29) is 11.8 Å². The molecule has 152 valence electrons. The molecular formula is C25H24N2O3. The van der Waals surface area contributed by atoms with Gasteiger partial charge in [-0.2, -0.15) is 0 Å². The zero-order chi connectivity index (χ0) is 21.1. The van der Waals surface area contributed by atoms with E-state index in [0.717, 1.165) is 17.0 Å². The van der Waals surface area contributed by atoms with E-state index in [9.17, 15) is 9.59 Å². The van der Waals surface area contributed by atoms with Crippen molar-refractivity contribution in [1.82, 2.24) is 4.90 Å². The molecule has 5 nitrogen and oxygen atoms in total. The molecule has 1 heterocycles. The standard InChI is InChI=1S/C25H24N2O3/c1-18-7-6-8-20(17-18)25(29)26-15-16-27(24(28)19(26)2)21-11-13-23(14-12-21)30-22-9-4-3-5-10-22/h3-14,17,19H,15-16H2,1-2H3/t19-/m0/s1. The van der Waals surface area contributed by atoms with Gasteiger partial charge in [-0.1, -0.05) is 35.9 Å². The highest BCUT2D eigenvalue weighted by molar-refractivity contribution is 6.03. The van der Waals surface area contributed by atoms with Crippen LogP contribution >= 0.6 is 0 Å². The monoisotopic (exact) mass is 400 g/mol. The molecule has 30 heavy (non-hydrogen) atoms. The van der Waals surface area contributed by atoms with Crippen LogP contribution in [0.3, 0.4) is 0 Å². The number of nitrogens with zero attached hydrogens (tertiary/aromatic N) is 2. The zero-order valence-electron chi connectivity index (χ0n) is 17.1. The van der Waals surface area contributed by atoms with Crippen molar-refractivity contribution < 1.29 is 14.3 Å². The van der Waals surface area contributed by atoms with Crippen molar-refractivity contribution in [3.05, 3.63) is 90.0 Å². The Morgan fingerprint density at radius 2 is 1.60 bits per heavy atom. The second-order valence-electron chi connectivity index (χ2n) is 7.44. The van der Waals surface area contributed by atoms with Crippen molar-refractivity contribution >= 4 is 17.5 Å². The Hall–Kier alpha value is -3.60. The summed E-state index contributed by atoms with van der Waals surface area (Å²) in [5.41, 5.74) is 2.44. The first kappa shape index (κ1) is 19.7. The van der Waals surface area contributed by atoms with E-state index in [1.807, 2.05) is 79.7 Å². The number of rotatable bonds is 4. The summed E-state index contributed by atoms with van der Waals surface area (Å²) in [7, 11) is 0. The maximum absolute atomic E-state index is 13.0. The first-order chi connectivity index (χ1) is 14.5. The van der Waals surface area contributed by atoms with Gasteiger partial charge in [0.05, 0.1) is 0 Å². The van der Waals surface area contributed by atoms with Crippen molar-refractivity contribution in [3.8, 4) is 11.5 Å². The van der Waals surface area contributed by atoms with Crippen LogP contribution in [0.2, 0.25) is 0 Å². The Bertz CT molecular complexity index is 1050. The van der Waals surface area contributed by atoms with Gasteiger partial charge in [0.15, 0.2) is 0 Å². The fraction of sp³-hybridized carbons (Fsp3) is 0.200. The Morgan fingerprint density at radius 3 is 2.30 bits per heavy atom. The Balaban J connectivity index is 1.45. The fourth-order valence-corrected chi connectivity index (χ4v) is 3.67. The molecule has 1 fully saturated rings. The second-order valence-corrected chi connectivity index (χ2v) is 7.44. The van der Waals surface area contributed by atoms with Gasteiger partial charge < -0.3 is 14.5 Å². The number of carbonyl (C=O) groups excluding carboxylic acids is 2. The molecule has 1 atom stereocenters. The molecule has 0 aromatic heterocycles. The lowest BCUT2D eigenvalue weighted by molar-refractivity contribution is -0.124. The van der Waals surface area contributed by atoms with E-state index in [4.69, 9.17) is 4.74 Å². The van der Waals surface area contributed by atoms with Crippen molar-refractivity contribution in [2.45, 2.75) is 19.9 Å². The van der Waals surface area contributed by atoms with Crippen LogP contribution in [0, 0.1) is 6.92 Å². The molecule has 0 spiro atoms. The molecule has 1 aliphatic rings. The first-order valence-corrected chi connectivity index (χ1v) is 10.0. The molecule has 0 bridgehead atoms. The largest absolute Gasteiger partial charge is 0.457 e.